The lowest BCUT2D eigenvalue weighted by molar-refractivity contribution is 0.259. The molecule has 2 aromatic heterocycles. The van der Waals surface area contributed by atoms with E-state index in [1.54, 1.807) is 30.3 Å². The summed E-state index contributed by atoms with van der Waals surface area (Å²) < 4.78 is 52.0. The Labute approximate surface area is 276 Å². The predicted octanol–water partition coefficient (Wildman–Crippen LogP) is 1.91. The molecular weight excluding hydrogens is 651 g/mol. The van der Waals surface area contributed by atoms with Gasteiger partial charge in [-0.1, -0.05) is 42.5 Å². The Kier molecular flexibility index (Phi) is 12.8. The second kappa shape index (κ2) is 17.4. The van der Waals surface area contributed by atoms with E-state index in [0.29, 0.717) is 35.1 Å². The molecule has 14 nitrogen and oxygen atoms in total. The zero-order valence-electron chi connectivity index (χ0n) is 25.4. The fourth-order valence-electron chi connectivity index (χ4n) is 4.02. The molecule has 0 aliphatic carbocycles. The molecule has 0 fully saturated rings. The first-order valence-electron chi connectivity index (χ1n) is 14.4. The van der Waals surface area contributed by atoms with Crippen molar-refractivity contribution in [2.24, 2.45) is 0 Å². The van der Waals surface area contributed by atoms with E-state index in [9.17, 15) is 17.6 Å². The van der Waals surface area contributed by atoms with Crippen molar-refractivity contribution >= 4 is 29.6 Å². The zero-order valence-corrected chi connectivity index (χ0v) is 25.4. The second-order valence-corrected chi connectivity index (χ2v) is 9.74. The number of aliphatic hydroxyl groups excluding tert-OH is 2. The summed E-state index contributed by atoms with van der Waals surface area (Å²) in [5.41, 5.74) is 7.79. The number of halogens is 4. The molecule has 19 heteroatoms. The molecule has 0 aliphatic rings. The number of aromatic nitrogens is 8. The summed E-state index contributed by atoms with van der Waals surface area (Å²) in [5.74, 6) is -3.41. The zero-order chi connectivity index (χ0) is 35.3. The summed E-state index contributed by atoms with van der Waals surface area (Å²) in [5, 5.41) is 61.0. The van der Waals surface area contributed by atoms with Gasteiger partial charge in [0.05, 0.1) is 32.0 Å². The Morgan fingerprint density at radius 3 is 1.71 bits per heavy atom. The first-order valence-corrected chi connectivity index (χ1v) is 14.4. The first-order chi connectivity index (χ1) is 23.6. The van der Waals surface area contributed by atoms with Crippen LogP contribution in [0.3, 0.4) is 0 Å². The topological polar surface area (TPSA) is 206 Å². The highest BCUT2D eigenvalue weighted by Crippen LogP contribution is 2.29. The summed E-state index contributed by atoms with van der Waals surface area (Å²) in [7, 11) is -1.97. The Hall–Kier alpha value is -5.76. The second-order valence-electron chi connectivity index (χ2n) is 9.74. The van der Waals surface area contributed by atoms with Gasteiger partial charge in [-0.25, -0.2) is 17.6 Å². The normalized spacial score (nSPS) is 10.4. The Bertz CT molecular complexity index is 1960. The van der Waals surface area contributed by atoms with Gasteiger partial charge in [0, 0.05) is 28.0 Å². The van der Waals surface area contributed by atoms with Gasteiger partial charge in [0.25, 0.3) is 0 Å². The van der Waals surface area contributed by atoms with E-state index in [2.05, 4.69) is 36.1 Å². The molecule has 0 atom stereocenters. The number of rotatable bonds is 9. The summed E-state index contributed by atoms with van der Waals surface area (Å²) in [6, 6.07) is 21.4. The van der Waals surface area contributed by atoms with Crippen molar-refractivity contribution < 1.29 is 37.8 Å². The lowest BCUT2D eigenvalue weighted by atomic mass is 9.80. The van der Waals surface area contributed by atoms with Crippen LogP contribution in [0.1, 0.15) is 0 Å². The molecule has 6 rings (SSSR count). The molecule has 0 saturated heterocycles. The molecule has 254 valence electrons. The molecule has 7 N–H and O–H groups in total. The van der Waals surface area contributed by atoms with Crippen LogP contribution in [0.25, 0.3) is 22.8 Å². The van der Waals surface area contributed by atoms with Crippen molar-refractivity contribution in [2.75, 3.05) is 24.3 Å². The van der Waals surface area contributed by atoms with E-state index in [1.165, 1.54) is 27.8 Å². The van der Waals surface area contributed by atoms with Gasteiger partial charge in [-0.15, -0.1) is 20.4 Å². The highest BCUT2D eigenvalue weighted by Gasteiger charge is 2.18. The number of aliphatic hydroxyl groups is 2. The third-order valence-electron chi connectivity index (χ3n) is 6.36. The lowest BCUT2D eigenvalue weighted by Crippen LogP contribution is -2.33. The van der Waals surface area contributed by atoms with Gasteiger partial charge in [0.1, 0.15) is 0 Å². The molecule has 6 aromatic rings. The van der Waals surface area contributed by atoms with Gasteiger partial charge >= 0.3 is 7.12 Å². The molecule has 49 heavy (non-hydrogen) atoms. The van der Waals surface area contributed by atoms with E-state index >= 15 is 0 Å². The predicted molar refractivity (Wildman–Crippen MR) is 171 cm³/mol. The minimum atomic E-state index is -1.97. The van der Waals surface area contributed by atoms with E-state index in [1.807, 2.05) is 18.2 Å². The van der Waals surface area contributed by atoms with Crippen molar-refractivity contribution in [2.45, 2.75) is 13.1 Å². The smallest absolute Gasteiger partial charge is 0.423 e. The summed E-state index contributed by atoms with van der Waals surface area (Å²) in [6.45, 7) is 0.436. The first kappa shape index (κ1) is 36.1. The van der Waals surface area contributed by atoms with Crippen LogP contribution in [0.2, 0.25) is 0 Å². The summed E-state index contributed by atoms with van der Waals surface area (Å²) in [6.07, 6.45) is 0. The maximum Gasteiger partial charge on any atom is 0.491 e. The number of anilines is 3. The van der Waals surface area contributed by atoms with E-state index < -0.39 is 35.9 Å². The van der Waals surface area contributed by atoms with Crippen LogP contribution in [0.4, 0.5) is 34.6 Å². The number of nitrogens with two attached hydrogens (primary N) is 1. The van der Waals surface area contributed by atoms with Gasteiger partial charge in [-0.05, 0) is 52.9 Å². The van der Waals surface area contributed by atoms with Crippen molar-refractivity contribution in [1.29, 1.82) is 0 Å². The minimum Gasteiger partial charge on any atom is -0.423 e. The molecule has 0 unspecified atom stereocenters. The molecule has 2 heterocycles. The summed E-state index contributed by atoms with van der Waals surface area (Å²) in [4.78, 5) is 2.59. The standard InChI is InChI=1S/C15H13F2N5O.C9H11N5O.C6H5BF2O2/c16-11-5-3-7-13(14(11)17)18-12-6-2-1-4-10(12)15-19-21-22(20-15)8-9-23;10-8-4-2-1-3-7(8)9-11-13-14(12-9)5-6-15;8-5-3-1-2-4(6(5)9)7(10)11/h1-7,18,23H,8-9H2;1-4,15H,5-6,10H2;1-3,10-11H. The van der Waals surface area contributed by atoms with Gasteiger partial charge in [-0.2, -0.15) is 9.59 Å². The highest BCUT2D eigenvalue weighted by atomic mass is 19.2. The van der Waals surface area contributed by atoms with Gasteiger partial charge in [0.15, 0.2) is 23.3 Å². The maximum absolute atomic E-state index is 13.8. The van der Waals surface area contributed by atoms with Crippen LogP contribution < -0.4 is 16.5 Å². The number of nitrogens with one attached hydrogen (secondary N) is 1. The number of nitrogen functional groups attached to an aromatic ring is 1. The van der Waals surface area contributed by atoms with Gasteiger partial charge in [-0.3, -0.25) is 0 Å². The molecule has 4 aromatic carbocycles. The molecule has 0 amide bonds. The maximum atomic E-state index is 13.8. The van der Waals surface area contributed by atoms with Crippen LogP contribution in [0.15, 0.2) is 84.9 Å². The lowest BCUT2D eigenvalue weighted by Gasteiger charge is -2.10. The van der Waals surface area contributed by atoms with Crippen molar-refractivity contribution in [1.82, 2.24) is 40.4 Å². The van der Waals surface area contributed by atoms with Crippen LogP contribution in [0, 0.1) is 23.3 Å². The number of tetrazole rings is 2. The largest absolute Gasteiger partial charge is 0.491 e. The Balaban J connectivity index is 0.000000179. The molecule has 0 radical (unpaired) electrons. The van der Waals surface area contributed by atoms with Crippen molar-refractivity contribution in [3.8, 4) is 22.8 Å². The van der Waals surface area contributed by atoms with Gasteiger partial charge in [0.2, 0.25) is 11.6 Å². The van der Waals surface area contributed by atoms with E-state index in [-0.39, 0.29) is 25.4 Å². The summed E-state index contributed by atoms with van der Waals surface area (Å²) >= 11 is 0. The van der Waals surface area contributed by atoms with E-state index in [0.717, 1.165) is 23.8 Å². The Morgan fingerprint density at radius 1 is 0.633 bits per heavy atom. The third-order valence-corrected chi connectivity index (χ3v) is 6.36. The van der Waals surface area contributed by atoms with Crippen LogP contribution in [0.5, 0.6) is 0 Å². The van der Waals surface area contributed by atoms with Crippen molar-refractivity contribution in [3.63, 3.8) is 0 Å². The van der Waals surface area contributed by atoms with Crippen LogP contribution >= 0.6 is 0 Å². The number of hydrogen-bond acceptors (Lipinski definition) is 12. The average Bonchev–Trinajstić information content (AvgIpc) is 3.76. The minimum absolute atomic E-state index is 0.0138. The van der Waals surface area contributed by atoms with Crippen molar-refractivity contribution in [3.05, 3.63) is 108 Å². The SMILES string of the molecule is Nc1ccccc1-c1nnn(CCO)n1.OB(O)c1cccc(F)c1F.OCCn1nnc(-c2ccccc2Nc2cccc(F)c2F)n1. The van der Waals surface area contributed by atoms with Crippen LogP contribution in [-0.4, -0.2) is 81.0 Å². The molecular formula is C30H29BF4N10O4. The molecule has 0 aliphatic heterocycles. The van der Waals surface area contributed by atoms with Gasteiger partial charge < -0.3 is 31.3 Å². The molecule has 0 spiro atoms. The van der Waals surface area contributed by atoms with E-state index in [4.69, 9.17) is 26.0 Å². The molecule has 0 bridgehead atoms. The monoisotopic (exact) mass is 680 g/mol. The Morgan fingerprint density at radius 2 is 1.14 bits per heavy atom. The molecule has 0 saturated carbocycles. The number of hydrogen-bond donors (Lipinski definition) is 6. The number of para-hydroxylation sites is 2. The van der Waals surface area contributed by atoms with Crippen LogP contribution in [-0.2, 0) is 13.1 Å². The fraction of sp³-hybridized carbons (Fsp3) is 0.133. The highest BCUT2D eigenvalue weighted by molar-refractivity contribution is 6.58. The number of benzene rings is 4. The fourth-order valence-corrected chi connectivity index (χ4v) is 4.02. The third kappa shape index (κ3) is 9.64. The number of nitrogens with zero attached hydrogens (tertiary/aromatic N) is 8. The quantitative estimate of drug-likeness (QED) is 0.0736. The average molecular weight is 680 g/mol.